The van der Waals surface area contributed by atoms with E-state index in [4.69, 9.17) is 9.15 Å². The lowest BCUT2D eigenvalue weighted by Crippen LogP contribution is -2.47. The van der Waals surface area contributed by atoms with Crippen LogP contribution in [0.3, 0.4) is 0 Å². The van der Waals surface area contributed by atoms with Gasteiger partial charge in [0, 0.05) is 11.1 Å². The second kappa shape index (κ2) is 10.4. The zero-order valence-electron chi connectivity index (χ0n) is 16.2. The molecule has 10 nitrogen and oxygen atoms in total. The van der Waals surface area contributed by atoms with Gasteiger partial charge in [-0.15, -0.1) is 11.3 Å². The average molecular weight is 422 g/mol. The zero-order chi connectivity index (χ0) is 21.4. The summed E-state index contributed by atoms with van der Waals surface area (Å²) < 4.78 is 9.92. The Kier molecular flexibility index (Phi) is 7.89. The summed E-state index contributed by atoms with van der Waals surface area (Å²) in [6.07, 6.45) is 1.36. The highest BCUT2D eigenvalue weighted by Gasteiger charge is 2.27. The van der Waals surface area contributed by atoms with Crippen molar-refractivity contribution < 1.29 is 28.3 Å². The maximum atomic E-state index is 12.2. The maximum absolute atomic E-state index is 12.2. The molecule has 1 atom stereocenters. The second-order valence-electron chi connectivity index (χ2n) is 6.44. The van der Waals surface area contributed by atoms with Crippen LogP contribution < -0.4 is 16.2 Å². The molecule has 0 bridgehead atoms. The predicted molar refractivity (Wildman–Crippen MR) is 103 cm³/mol. The van der Waals surface area contributed by atoms with Crippen molar-refractivity contribution >= 4 is 35.0 Å². The Balaban J connectivity index is 1.75. The molecule has 0 aromatic carbocycles. The Morgan fingerprint density at radius 3 is 2.52 bits per heavy atom. The average Bonchev–Trinajstić information content (AvgIpc) is 3.34. The number of amides is 3. The molecular weight excluding hydrogens is 400 g/mol. The van der Waals surface area contributed by atoms with Crippen LogP contribution in [0.15, 0.2) is 28.2 Å². The van der Waals surface area contributed by atoms with Gasteiger partial charge in [0.2, 0.25) is 5.91 Å². The lowest BCUT2D eigenvalue weighted by molar-refractivity contribution is -0.151. The van der Waals surface area contributed by atoms with E-state index in [9.17, 15) is 19.2 Å². The minimum Gasteiger partial charge on any atom is -0.459 e. The fraction of sp³-hybridized carbons (Fsp3) is 0.389. The van der Waals surface area contributed by atoms with E-state index in [1.54, 1.807) is 19.9 Å². The first-order valence-corrected chi connectivity index (χ1v) is 9.64. The molecule has 3 N–H and O–H groups in total. The minimum absolute atomic E-state index is 0.0206. The number of rotatable bonds is 8. The van der Waals surface area contributed by atoms with Crippen LogP contribution in [0.5, 0.6) is 0 Å². The number of aryl methyl sites for hydroxylation is 1. The first kappa shape index (κ1) is 22.1. The van der Waals surface area contributed by atoms with Crippen LogP contribution in [0.2, 0.25) is 0 Å². The van der Waals surface area contributed by atoms with E-state index < -0.39 is 36.3 Å². The van der Waals surface area contributed by atoms with Gasteiger partial charge in [0.15, 0.2) is 12.4 Å². The van der Waals surface area contributed by atoms with E-state index in [-0.39, 0.29) is 18.1 Å². The molecule has 0 unspecified atom stereocenters. The van der Waals surface area contributed by atoms with Crippen LogP contribution in [0, 0.1) is 12.8 Å². The Morgan fingerprint density at radius 1 is 1.21 bits per heavy atom. The molecular formula is C18H22N4O6S. The molecule has 11 heteroatoms. The summed E-state index contributed by atoms with van der Waals surface area (Å²) in [6.45, 7) is 4.63. The molecule has 0 spiro atoms. The van der Waals surface area contributed by atoms with Crippen molar-refractivity contribution in [3.8, 4) is 0 Å². The van der Waals surface area contributed by atoms with Gasteiger partial charge in [-0.05, 0) is 25.0 Å². The molecule has 2 rings (SSSR count). The Labute approximate surface area is 171 Å². The van der Waals surface area contributed by atoms with Gasteiger partial charge in [-0.1, -0.05) is 13.8 Å². The number of aromatic nitrogens is 1. The number of hydrazine groups is 1. The van der Waals surface area contributed by atoms with Crippen molar-refractivity contribution in [1.82, 2.24) is 21.2 Å². The largest absolute Gasteiger partial charge is 0.459 e. The molecule has 2 aromatic heterocycles. The fourth-order valence-electron chi connectivity index (χ4n) is 2.19. The highest BCUT2D eigenvalue weighted by atomic mass is 32.1. The van der Waals surface area contributed by atoms with Crippen LogP contribution in [0.1, 0.15) is 35.1 Å². The highest BCUT2D eigenvalue weighted by molar-refractivity contribution is 7.09. The third-order valence-electron chi connectivity index (χ3n) is 3.62. The standard InChI is InChI=1S/C18H22N4O6S/c1-10(2)16(20-17(25)12-5-4-6-27-12)18(26)28-8-14(24)22-21-13(23)7-15-19-11(3)9-29-15/h4-6,9-10,16H,7-8H2,1-3H3,(H,20,25)(H,21,23)(H,22,24)/t16-/m0/s1. The van der Waals surface area contributed by atoms with Crippen LogP contribution in [-0.4, -0.2) is 41.3 Å². The molecule has 0 aliphatic carbocycles. The van der Waals surface area contributed by atoms with E-state index in [2.05, 4.69) is 21.2 Å². The Hall–Kier alpha value is -3.21. The molecule has 2 heterocycles. The molecule has 29 heavy (non-hydrogen) atoms. The number of carbonyl (C=O) groups excluding carboxylic acids is 4. The van der Waals surface area contributed by atoms with Gasteiger partial charge >= 0.3 is 5.97 Å². The first-order chi connectivity index (χ1) is 13.8. The summed E-state index contributed by atoms with van der Waals surface area (Å²) >= 11 is 1.34. The quantitative estimate of drug-likeness (QED) is 0.421. The summed E-state index contributed by atoms with van der Waals surface area (Å²) in [4.78, 5) is 52.0. The van der Waals surface area contributed by atoms with E-state index in [0.717, 1.165) is 5.69 Å². The number of thiazole rings is 1. The molecule has 3 amide bonds. The van der Waals surface area contributed by atoms with Gasteiger partial charge in [0.1, 0.15) is 11.0 Å². The monoisotopic (exact) mass is 422 g/mol. The number of esters is 1. The number of carbonyl (C=O) groups is 4. The summed E-state index contributed by atoms with van der Waals surface area (Å²) in [5.41, 5.74) is 5.19. The van der Waals surface area contributed by atoms with Gasteiger partial charge in [-0.25, -0.2) is 9.78 Å². The van der Waals surface area contributed by atoms with Crippen molar-refractivity contribution in [2.24, 2.45) is 5.92 Å². The molecule has 0 radical (unpaired) electrons. The molecule has 0 saturated heterocycles. The SMILES string of the molecule is Cc1csc(CC(=O)NNC(=O)COC(=O)[C@@H](NC(=O)c2ccco2)C(C)C)n1. The lowest BCUT2D eigenvalue weighted by Gasteiger charge is -2.20. The Bertz CT molecular complexity index is 862. The molecule has 0 aliphatic rings. The van der Waals surface area contributed by atoms with Gasteiger partial charge < -0.3 is 14.5 Å². The molecule has 2 aromatic rings. The zero-order valence-corrected chi connectivity index (χ0v) is 17.0. The smallest absolute Gasteiger partial charge is 0.329 e. The predicted octanol–water partition coefficient (Wildman–Crippen LogP) is 0.732. The van der Waals surface area contributed by atoms with Crippen LogP contribution in [0.25, 0.3) is 0 Å². The Morgan fingerprint density at radius 2 is 1.93 bits per heavy atom. The summed E-state index contributed by atoms with van der Waals surface area (Å²) in [5.74, 6) is -2.75. The van der Waals surface area contributed by atoms with Crippen molar-refractivity contribution in [3.05, 3.63) is 40.2 Å². The molecule has 0 fully saturated rings. The van der Waals surface area contributed by atoms with Gasteiger partial charge in [-0.2, -0.15) is 0 Å². The van der Waals surface area contributed by atoms with Crippen LogP contribution in [0.4, 0.5) is 0 Å². The van der Waals surface area contributed by atoms with Crippen LogP contribution >= 0.6 is 11.3 Å². The number of hydrogen-bond acceptors (Lipinski definition) is 8. The molecule has 156 valence electrons. The third-order valence-corrected chi connectivity index (χ3v) is 4.58. The van der Waals surface area contributed by atoms with Crippen molar-refractivity contribution in [3.63, 3.8) is 0 Å². The summed E-state index contributed by atoms with van der Waals surface area (Å²) in [5, 5.41) is 4.94. The first-order valence-electron chi connectivity index (χ1n) is 8.76. The second-order valence-corrected chi connectivity index (χ2v) is 7.38. The topological polar surface area (TPSA) is 140 Å². The number of hydrogen-bond donors (Lipinski definition) is 3. The number of ether oxygens (including phenoxy) is 1. The van der Waals surface area contributed by atoms with E-state index >= 15 is 0 Å². The van der Waals surface area contributed by atoms with Gasteiger partial charge in [0.05, 0.1) is 12.7 Å². The van der Waals surface area contributed by atoms with E-state index in [0.29, 0.717) is 5.01 Å². The number of nitrogens with one attached hydrogen (secondary N) is 3. The highest BCUT2D eigenvalue weighted by Crippen LogP contribution is 2.09. The fourth-order valence-corrected chi connectivity index (χ4v) is 2.96. The van der Waals surface area contributed by atoms with Gasteiger partial charge in [-0.3, -0.25) is 25.2 Å². The molecule has 0 aliphatic heterocycles. The van der Waals surface area contributed by atoms with E-state index in [1.807, 2.05) is 12.3 Å². The van der Waals surface area contributed by atoms with Crippen molar-refractivity contribution in [2.75, 3.05) is 6.61 Å². The van der Waals surface area contributed by atoms with Crippen molar-refractivity contribution in [1.29, 1.82) is 0 Å². The van der Waals surface area contributed by atoms with Crippen molar-refractivity contribution in [2.45, 2.75) is 33.2 Å². The summed E-state index contributed by atoms with van der Waals surface area (Å²) in [7, 11) is 0. The minimum atomic E-state index is -0.969. The lowest BCUT2D eigenvalue weighted by atomic mass is 10.0. The number of nitrogens with zero attached hydrogens (tertiary/aromatic N) is 1. The maximum Gasteiger partial charge on any atom is 0.329 e. The van der Waals surface area contributed by atoms with Gasteiger partial charge in [0.25, 0.3) is 11.8 Å². The normalized spacial score (nSPS) is 11.6. The molecule has 0 saturated carbocycles. The third kappa shape index (κ3) is 7.03. The van der Waals surface area contributed by atoms with Crippen LogP contribution in [-0.2, 0) is 25.5 Å². The number of furan rings is 1. The summed E-state index contributed by atoms with van der Waals surface area (Å²) in [6, 6.07) is 2.04. The van der Waals surface area contributed by atoms with E-state index in [1.165, 1.54) is 23.7 Å².